The predicted molar refractivity (Wildman–Crippen MR) is 64.9 cm³/mol. The van der Waals surface area contributed by atoms with Gasteiger partial charge in [-0.15, -0.1) is 5.10 Å². The standard InChI is InChI=1S/C11H18N4O2/c1-8(9-5-3-2-4-6-9)13-10-7-12-14-11(10)15(16)17/h7-9,13H,2-6H2,1H3,(H,12,14). The van der Waals surface area contributed by atoms with Crippen LogP contribution in [0.2, 0.25) is 0 Å². The Bertz CT molecular complexity index is 385. The van der Waals surface area contributed by atoms with Crippen molar-refractivity contribution in [3.63, 3.8) is 0 Å². The van der Waals surface area contributed by atoms with Crippen LogP contribution in [0.5, 0.6) is 0 Å². The van der Waals surface area contributed by atoms with E-state index in [0.29, 0.717) is 11.6 Å². The number of hydrogen-bond acceptors (Lipinski definition) is 4. The molecule has 0 bridgehead atoms. The Morgan fingerprint density at radius 2 is 2.24 bits per heavy atom. The highest BCUT2D eigenvalue weighted by molar-refractivity contribution is 5.56. The van der Waals surface area contributed by atoms with Gasteiger partial charge in [-0.3, -0.25) is 0 Å². The zero-order valence-electron chi connectivity index (χ0n) is 9.98. The fraction of sp³-hybridized carbons (Fsp3) is 0.727. The Morgan fingerprint density at radius 3 is 2.88 bits per heavy atom. The van der Waals surface area contributed by atoms with E-state index < -0.39 is 4.92 Å². The number of H-pyrrole nitrogens is 1. The molecule has 1 unspecified atom stereocenters. The first-order valence-electron chi connectivity index (χ1n) is 6.13. The van der Waals surface area contributed by atoms with Crippen LogP contribution in [0.25, 0.3) is 0 Å². The number of rotatable bonds is 4. The molecule has 1 saturated carbocycles. The van der Waals surface area contributed by atoms with E-state index in [1.54, 1.807) is 0 Å². The maximum atomic E-state index is 10.7. The molecule has 1 heterocycles. The smallest absolute Gasteiger partial charge is 0.366 e. The summed E-state index contributed by atoms with van der Waals surface area (Å²) >= 11 is 0. The number of hydrogen-bond donors (Lipinski definition) is 2. The molecule has 2 N–H and O–H groups in total. The van der Waals surface area contributed by atoms with Crippen molar-refractivity contribution in [3.8, 4) is 0 Å². The number of nitrogens with one attached hydrogen (secondary N) is 2. The predicted octanol–water partition coefficient (Wildman–Crippen LogP) is 2.70. The monoisotopic (exact) mass is 238 g/mol. The molecule has 1 aliphatic rings. The van der Waals surface area contributed by atoms with Gasteiger partial charge < -0.3 is 15.4 Å². The minimum absolute atomic E-state index is 0.0485. The third-order valence-corrected chi connectivity index (χ3v) is 3.54. The first-order valence-corrected chi connectivity index (χ1v) is 6.13. The van der Waals surface area contributed by atoms with Crippen molar-refractivity contribution >= 4 is 11.5 Å². The number of aromatic nitrogens is 2. The van der Waals surface area contributed by atoms with Crippen LogP contribution in [0, 0.1) is 16.0 Å². The zero-order chi connectivity index (χ0) is 12.3. The Kier molecular flexibility index (Phi) is 3.61. The number of nitrogens with zero attached hydrogens (tertiary/aromatic N) is 2. The third-order valence-electron chi connectivity index (χ3n) is 3.54. The van der Waals surface area contributed by atoms with Crippen molar-refractivity contribution in [3.05, 3.63) is 16.3 Å². The van der Waals surface area contributed by atoms with Gasteiger partial charge in [0.15, 0.2) is 5.69 Å². The maximum absolute atomic E-state index is 10.7. The maximum Gasteiger partial charge on any atom is 0.366 e. The summed E-state index contributed by atoms with van der Waals surface area (Å²) in [6.07, 6.45) is 7.75. The van der Waals surface area contributed by atoms with Gasteiger partial charge in [0.05, 0.1) is 0 Å². The molecule has 0 aromatic carbocycles. The van der Waals surface area contributed by atoms with E-state index in [-0.39, 0.29) is 11.9 Å². The minimum atomic E-state index is -0.442. The summed E-state index contributed by atoms with van der Waals surface area (Å²) in [6, 6.07) is 0.256. The second-order valence-corrected chi connectivity index (χ2v) is 4.72. The molecule has 1 fully saturated rings. The van der Waals surface area contributed by atoms with E-state index in [2.05, 4.69) is 22.4 Å². The number of nitro groups is 1. The van der Waals surface area contributed by atoms with Gasteiger partial charge in [0.2, 0.25) is 0 Å². The largest absolute Gasteiger partial charge is 0.374 e. The van der Waals surface area contributed by atoms with Gasteiger partial charge in [-0.1, -0.05) is 24.4 Å². The fourth-order valence-electron chi connectivity index (χ4n) is 2.52. The van der Waals surface area contributed by atoms with E-state index in [0.717, 1.165) is 0 Å². The Labute approximate surface area is 99.9 Å². The highest BCUT2D eigenvalue weighted by Gasteiger charge is 2.23. The molecule has 0 saturated heterocycles. The number of anilines is 1. The minimum Gasteiger partial charge on any atom is -0.374 e. The zero-order valence-corrected chi connectivity index (χ0v) is 9.98. The van der Waals surface area contributed by atoms with Crippen molar-refractivity contribution in [2.24, 2.45) is 5.92 Å². The Balaban J connectivity index is 1.99. The summed E-state index contributed by atoms with van der Waals surface area (Å²) < 4.78 is 0. The molecule has 6 nitrogen and oxygen atoms in total. The molecule has 94 valence electrons. The van der Waals surface area contributed by atoms with Crippen LogP contribution < -0.4 is 5.32 Å². The Hall–Kier alpha value is -1.59. The summed E-state index contributed by atoms with van der Waals surface area (Å²) in [6.45, 7) is 2.09. The molecule has 2 rings (SSSR count). The van der Waals surface area contributed by atoms with E-state index in [1.165, 1.54) is 38.3 Å². The summed E-state index contributed by atoms with van der Waals surface area (Å²) in [5.74, 6) is 0.561. The van der Waals surface area contributed by atoms with E-state index in [1.807, 2.05) is 0 Å². The molecule has 0 aliphatic heterocycles. The second kappa shape index (κ2) is 5.16. The molecule has 0 spiro atoms. The molecular weight excluding hydrogens is 220 g/mol. The molecule has 1 aliphatic carbocycles. The first-order chi connectivity index (χ1) is 8.18. The van der Waals surface area contributed by atoms with Crippen LogP contribution in [0.15, 0.2) is 6.20 Å². The average Bonchev–Trinajstić information content (AvgIpc) is 2.78. The SMILES string of the molecule is CC(Nc1cn[nH]c1[N+](=O)[O-])C1CCCCC1. The van der Waals surface area contributed by atoms with Gasteiger partial charge in [-0.05, 0) is 30.6 Å². The topological polar surface area (TPSA) is 83.8 Å². The summed E-state index contributed by atoms with van der Waals surface area (Å²) in [5, 5.41) is 20.1. The molecule has 17 heavy (non-hydrogen) atoms. The van der Waals surface area contributed by atoms with Crippen LogP contribution >= 0.6 is 0 Å². The molecule has 6 heteroatoms. The van der Waals surface area contributed by atoms with Gasteiger partial charge in [-0.2, -0.15) is 0 Å². The summed E-state index contributed by atoms with van der Waals surface area (Å²) in [7, 11) is 0. The van der Waals surface area contributed by atoms with Crippen molar-refractivity contribution in [2.45, 2.75) is 45.1 Å². The molecule has 0 radical (unpaired) electrons. The van der Waals surface area contributed by atoms with Crippen molar-refractivity contribution in [2.75, 3.05) is 5.32 Å². The van der Waals surface area contributed by atoms with E-state index >= 15 is 0 Å². The third kappa shape index (κ3) is 2.75. The molecule has 1 aromatic rings. The molecule has 1 atom stereocenters. The summed E-state index contributed by atoms with van der Waals surface area (Å²) in [4.78, 5) is 10.3. The van der Waals surface area contributed by atoms with Crippen LogP contribution in [0.3, 0.4) is 0 Å². The highest BCUT2D eigenvalue weighted by Crippen LogP contribution is 2.29. The lowest BCUT2D eigenvalue weighted by Gasteiger charge is -2.28. The van der Waals surface area contributed by atoms with E-state index in [9.17, 15) is 10.1 Å². The highest BCUT2D eigenvalue weighted by atomic mass is 16.6. The van der Waals surface area contributed by atoms with Gasteiger partial charge in [-0.25, -0.2) is 0 Å². The van der Waals surface area contributed by atoms with Crippen LogP contribution in [-0.2, 0) is 0 Å². The van der Waals surface area contributed by atoms with Gasteiger partial charge in [0.1, 0.15) is 6.20 Å². The quantitative estimate of drug-likeness (QED) is 0.624. The van der Waals surface area contributed by atoms with Gasteiger partial charge >= 0.3 is 5.82 Å². The average molecular weight is 238 g/mol. The summed E-state index contributed by atoms with van der Waals surface area (Å²) in [5.41, 5.74) is 0.494. The van der Waals surface area contributed by atoms with Gasteiger partial charge in [0.25, 0.3) is 0 Å². The van der Waals surface area contributed by atoms with Crippen LogP contribution in [0.1, 0.15) is 39.0 Å². The lowest BCUT2D eigenvalue weighted by molar-refractivity contribution is -0.388. The first kappa shape index (κ1) is 11.9. The lowest BCUT2D eigenvalue weighted by Crippen LogP contribution is -2.27. The number of aromatic amines is 1. The van der Waals surface area contributed by atoms with Crippen LogP contribution in [0.4, 0.5) is 11.5 Å². The van der Waals surface area contributed by atoms with Crippen molar-refractivity contribution in [1.82, 2.24) is 10.2 Å². The van der Waals surface area contributed by atoms with Crippen molar-refractivity contribution in [1.29, 1.82) is 0 Å². The van der Waals surface area contributed by atoms with E-state index in [4.69, 9.17) is 0 Å². The van der Waals surface area contributed by atoms with Gasteiger partial charge in [0, 0.05) is 6.04 Å². The van der Waals surface area contributed by atoms with Crippen molar-refractivity contribution < 1.29 is 4.92 Å². The fourth-order valence-corrected chi connectivity index (χ4v) is 2.52. The normalized spacial score (nSPS) is 18.9. The molecule has 1 aromatic heterocycles. The molecular formula is C11H18N4O2. The molecule has 0 amide bonds. The van der Waals surface area contributed by atoms with Crippen LogP contribution in [-0.4, -0.2) is 21.2 Å². The second-order valence-electron chi connectivity index (χ2n) is 4.72. The Morgan fingerprint density at radius 1 is 1.53 bits per heavy atom. The lowest BCUT2D eigenvalue weighted by atomic mass is 9.84.